The molecule has 0 saturated heterocycles. The Morgan fingerprint density at radius 2 is 1.72 bits per heavy atom. The SMILES string of the molecule is CC=CCOc1ccc2cc(C3CCC4CC(C)CCC4C3)c(F)c(F)c2c1F. The van der Waals surface area contributed by atoms with Crippen LogP contribution in [0.1, 0.15) is 63.9 Å². The van der Waals surface area contributed by atoms with Gasteiger partial charge in [-0.2, -0.15) is 0 Å². The second-order valence-electron chi connectivity index (χ2n) is 8.90. The van der Waals surface area contributed by atoms with E-state index in [4.69, 9.17) is 4.74 Å². The molecule has 1 nitrogen and oxygen atoms in total. The standard InChI is InChI=1S/C25H29F3O/c1-3-4-11-29-21-10-9-19-14-20(23(26)25(28)22(19)24(21)27)18-8-7-16-12-15(2)5-6-17(16)13-18/h3-4,9-10,14-18H,5-8,11-13H2,1-2H3. The average molecular weight is 403 g/mol. The number of ether oxygens (including phenoxy) is 1. The lowest BCUT2D eigenvalue weighted by Crippen LogP contribution is -2.30. The van der Waals surface area contributed by atoms with Gasteiger partial charge in [0.05, 0.1) is 5.39 Å². The van der Waals surface area contributed by atoms with Crippen LogP contribution in [0.15, 0.2) is 30.4 Å². The highest BCUT2D eigenvalue weighted by molar-refractivity contribution is 5.86. The summed E-state index contributed by atoms with van der Waals surface area (Å²) in [5.41, 5.74) is 0.411. The van der Waals surface area contributed by atoms with Crippen molar-refractivity contribution in [3.8, 4) is 5.75 Å². The summed E-state index contributed by atoms with van der Waals surface area (Å²) < 4.78 is 50.1. The highest BCUT2D eigenvalue weighted by atomic mass is 19.2. The van der Waals surface area contributed by atoms with Crippen molar-refractivity contribution in [1.82, 2.24) is 0 Å². The van der Waals surface area contributed by atoms with Crippen molar-refractivity contribution < 1.29 is 17.9 Å². The van der Waals surface area contributed by atoms with Gasteiger partial charge in [0, 0.05) is 0 Å². The smallest absolute Gasteiger partial charge is 0.175 e. The van der Waals surface area contributed by atoms with Crippen LogP contribution in [0.2, 0.25) is 0 Å². The highest BCUT2D eigenvalue weighted by Crippen LogP contribution is 2.48. The number of allylic oxidation sites excluding steroid dienone is 1. The Balaban J connectivity index is 1.64. The van der Waals surface area contributed by atoms with E-state index in [1.54, 1.807) is 24.3 Å². The first-order chi connectivity index (χ1) is 14.0. The molecular formula is C25H29F3O. The van der Waals surface area contributed by atoms with Crippen molar-refractivity contribution in [1.29, 1.82) is 0 Å². The molecule has 2 aromatic rings. The normalized spacial score (nSPS) is 27.3. The molecule has 0 N–H and O–H groups in total. The Hall–Kier alpha value is -1.97. The van der Waals surface area contributed by atoms with E-state index in [0.717, 1.165) is 31.1 Å². The van der Waals surface area contributed by atoms with Crippen LogP contribution < -0.4 is 4.74 Å². The number of rotatable bonds is 4. The van der Waals surface area contributed by atoms with Gasteiger partial charge in [0.2, 0.25) is 0 Å². The summed E-state index contributed by atoms with van der Waals surface area (Å²) in [4.78, 5) is 0. The van der Waals surface area contributed by atoms with E-state index < -0.39 is 17.5 Å². The molecule has 2 aliphatic rings. The van der Waals surface area contributed by atoms with Crippen LogP contribution in [0, 0.1) is 35.2 Å². The fourth-order valence-corrected chi connectivity index (χ4v) is 5.43. The number of benzene rings is 2. The Kier molecular flexibility index (Phi) is 5.89. The van der Waals surface area contributed by atoms with Crippen LogP contribution in [0.4, 0.5) is 13.2 Å². The predicted octanol–water partition coefficient (Wildman–Crippen LogP) is 7.53. The fraction of sp³-hybridized carbons (Fsp3) is 0.520. The van der Waals surface area contributed by atoms with Crippen molar-refractivity contribution in [3.63, 3.8) is 0 Å². The third-order valence-electron chi connectivity index (χ3n) is 7.00. The number of hydrogen-bond donors (Lipinski definition) is 0. The lowest BCUT2D eigenvalue weighted by Gasteiger charge is -2.41. The second kappa shape index (κ2) is 8.41. The molecule has 0 heterocycles. The quantitative estimate of drug-likeness (QED) is 0.480. The van der Waals surface area contributed by atoms with Gasteiger partial charge in [0.1, 0.15) is 6.61 Å². The molecule has 4 heteroatoms. The molecule has 4 rings (SSSR count). The summed E-state index contributed by atoms with van der Waals surface area (Å²) in [6.45, 7) is 4.33. The predicted molar refractivity (Wildman–Crippen MR) is 111 cm³/mol. The van der Waals surface area contributed by atoms with Gasteiger partial charge in [-0.05, 0) is 85.8 Å². The lowest BCUT2D eigenvalue weighted by atomic mass is 9.64. The van der Waals surface area contributed by atoms with Crippen LogP contribution in [0.25, 0.3) is 10.8 Å². The minimum atomic E-state index is -1.09. The van der Waals surface area contributed by atoms with E-state index in [-0.39, 0.29) is 23.7 Å². The summed E-state index contributed by atoms with van der Waals surface area (Å²) in [5.74, 6) is -0.772. The van der Waals surface area contributed by atoms with Gasteiger partial charge in [-0.25, -0.2) is 13.2 Å². The van der Waals surface area contributed by atoms with Gasteiger partial charge in [-0.1, -0.05) is 31.6 Å². The molecule has 0 spiro atoms. The molecule has 0 aliphatic heterocycles. The average Bonchev–Trinajstić information content (AvgIpc) is 2.72. The summed E-state index contributed by atoms with van der Waals surface area (Å²) in [6, 6.07) is 4.79. The zero-order chi connectivity index (χ0) is 20.5. The topological polar surface area (TPSA) is 9.23 Å². The van der Waals surface area contributed by atoms with E-state index >= 15 is 4.39 Å². The van der Waals surface area contributed by atoms with Gasteiger partial charge >= 0.3 is 0 Å². The zero-order valence-electron chi connectivity index (χ0n) is 17.2. The highest BCUT2D eigenvalue weighted by Gasteiger charge is 2.36. The molecule has 156 valence electrons. The van der Waals surface area contributed by atoms with Crippen molar-refractivity contribution in [2.45, 2.75) is 58.3 Å². The van der Waals surface area contributed by atoms with E-state index in [0.29, 0.717) is 16.9 Å². The van der Waals surface area contributed by atoms with E-state index in [9.17, 15) is 8.78 Å². The number of fused-ring (bicyclic) bond motifs is 2. The monoisotopic (exact) mass is 402 g/mol. The van der Waals surface area contributed by atoms with E-state index in [2.05, 4.69) is 6.92 Å². The van der Waals surface area contributed by atoms with E-state index in [1.807, 2.05) is 6.92 Å². The Labute approximate surface area is 170 Å². The second-order valence-corrected chi connectivity index (χ2v) is 8.90. The molecule has 4 atom stereocenters. The van der Waals surface area contributed by atoms with Crippen LogP contribution >= 0.6 is 0 Å². The minimum absolute atomic E-state index is 0.0113. The first kappa shape index (κ1) is 20.3. The van der Waals surface area contributed by atoms with Crippen molar-refractivity contribution >= 4 is 10.8 Å². The fourth-order valence-electron chi connectivity index (χ4n) is 5.43. The summed E-state index contributed by atoms with van der Waals surface area (Å²) >= 11 is 0. The number of halogens is 3. The first-order valence-electron chi connectivity index (χ1n) is 10.8. The first-order valence-corrected chi connectivity index (χ1v) is 10.8. The Bertz CT molecular complexity index is 920. The van der Waals surface area contributed by atoms with Gasteiger partial charge in [-0.15, -0.1) is 0 Å². The molecule has 0 radical (unpaired) electrons. The van der Waals surface area contributed by atoms with E-state index in [1.165, 1.54) is 25.3 Å². The molecule has 2 fully saturated rings. The van der Waals surface area contributed by atoms with Crippen LogP contribution in [-0.2, 0) is 0 Å². The largest absolute Gasteiger partial charge is 0.486 e. The molecule has 2 aliphatic carbocycles. The molecule has 0 amide bonds. The van der Waals surface area contributed by atoms with Crippen LogP contribution in [0.3, 0.4) is 0 Å². The molecule has 4 unspecified atom stereocenters. The lowest BCUT2D eigenvalue weighted by molar-refractivity contribution is 0.123. The summed E-state index contributed by atoms with van der Waals surface area (Å²) in [6.07, 6.45) is 10.0. The third kappa shape index (κ3) is 3.91. The van der Waals surface area contributed by atoms with Gasteiger partial charge in [0.25, 0.3) is 0 Å². The summed E-state index contributed by atoms with van der Waals surface area (Å²) in [7, 11) is 0. The molecule has 0 bridgehead atoms. The Morgan fingerprint density at radius 1 is 0.966 bits per heavy atom. The van der Waals surface area contributed by atoms with Gasteiger partial charge in [-0.3, -0.25) is 0 Å². The van der Waals surface area contributed by atoms with Gasteiger partial charge < -0.3 is 4.74 Å². The zero-order valence-corrected chi connectivity index (χ0v) is 17.2. The molecule has 29 heavy (non-hydrogen) atoms. The number of hydrogen-bond acceptors (Lipinski definition) is 1. The molecular weight excluding hydrogens is 373 g/mol. The van der Waals surface area contributed by atoms with Crippen molar-refractivity contribution in [2.75, 3.05) is 6.61 Å². The molecule has 2 aromatic carbocycles. The molecule has 0 aromatic heterocycles. The van der Waals surface area contributed by atoms with Crippen molar-refractivity contribution in [3.05, 3.63) is 53.4 Å². The third-order valence-corrected chi connectivity index (χ3v) is 7.00. The van der Waals surface area contributed by atoms with Crippen LogP contribution in [0.5, 0.6) is 5.75 Å². The minimum Gasteiger partial charge on any atom is -0.486 e. The molecule has 2 saturated carbocycles. The Morgan fingerprint density at radius 3 is 2.52 bits per heavy atom. The van der Waals surface area contributed by atoms with Crippen molar-refractivity contribution in [2.24, 2.45) is 17.8 Å². The summed E-state index contributed by atoms with van der Waals surface area (Å²) in [5, 5.41) is 0.0820. The maximum atomic E-state index is 15.0. The maximum Gasteiger partial charge on any atom is 0.175 e. The van der Waals surface area contributed by atoms with Gasteiger partial charge in [0.15, 0.2) is 23.2 Å². The van der Waals surface area contributed by atoms with Crippen LogP contribution in [-0.4, -0.2) is 6.61 Å². The maximum absolute atomic E-state index is 15.0.